The minimum atomic E-state index is -0.545. The molecule has 0 atom stereocenters. The van der Waals surface area contributed by atoms with Crippen molar-refractivity contribution in [3.8, 4) is 5.69 Å². The second-order valence-electron chi connectivity index (χ2n) is 6.82. The van der Waals surface area contributed by atoms with Crippen LogP contribution in [0.4, 0.5) is 5.69 Å². The SMILES string of the molecule is Cc1ccc(C(=O)NCC(=O)N(C)Cc2cnn(-c3ccccc3)c2)cc1[N+](=O)[O-]. The van der Waals surface area contributed by atoms with Gasteiger partial charge in [-0.05, 0) is 25.1 Å². The molecule has 0 aliphatic rings. The number of likely N-dealkylation sites (N-methyl/N-ethyl adjacent to an activating group) is 1. The van der Waals surface area contributed by atoms with Crippen LogP contribution < -0.4 is 5.32 Å². The molecule has 0 saturated carbocycles. The number of carbonyl (C=O) groups is 2. The third kappa shape index (κ3) is 4.88. The Hall–Kier alpha value is -4.01. The van der Waals surface area contributed by atoms with Gasteiger partial charge in [0, 0.05) is 42.5 Å². The number of nitrogens with one attached hydrogen (secondary N) is 1. The smallest absolute Gasteiger partial charge is 0.273 e. The molecular formula is C21H21N5O4. The zero-order valence-electron chi connectivity index (χ0n) is 16.6. The van der Waals surface area contributed by atoms with Crippen LogP contribution in [0.5, 0.6) is 0 Å². The van der Waals surface area contributed by atoms with Gasteiger partial charge in [0.2, 0.25) is 5.91 Å². The summed E-state index contributed by atoms with van der Waals surface area (Å²) in [5.74, 6) is -0.839. The molecule has 1 N–H and O–H groups in total. The first kappa shape index (κ1) is 20.7. The average Bonchev–Trinajstić information content (AvgIpc) is 3.21. The fraction of sp³-hybridized carbons (Fsp3) is 0.190. The largest absolute Gasteiger partial charge is 0.343 e. The molecule has 0 fully saturated rings. The molecule has 2 amide bonds. The molecule has 154 valence electrons. The highest BCUT2D eigenvalue weighted by molar-refractivity contribution is 5.97. The molecule has 0 bridgehead atoms. The van der Waals surface area contributed by atoms with Gasteiger partial charge >= 0.3 is 0 Å². The van der Waals surface area contributed by atoms with E-state index in [1.807, 2.05) is 36.5 Å². The number of aromatic nitrogens is 2. The summed E-state index contributed by atoms with van der Waals surface area (Å²) in [5, 5.41) is 17.8. The van der Waals surface area contributed by atoms with Crippen molar-refractivity contribution in [2.75, 3.05) is 13.6 Å². The van der Waals surface area contributed by atoms with Crippen LogP contribution in [0, 0.1) is 17.0 Å². The molecule has 0 spiro atoms. The molecule has 3 rings (SSSR count). The van der Waals surface area contributed by atoms with Crippen molar-refractivity contribution < 1.29 is 14.5 Å². The first-order valence-corrected chi connectivity index (χ1v) is 9.21. The second kappa shape index (κ2) is 8.99. The number of para-hydroxylation sites is 1. The van der Waals surface area contributed by atoms with Gasteiger partial charge in [-0.2, -0.15) is 5.10 Å². The van der Waals surface area contributed by atoms with Crippen molar-refractivity contribution in [3.63, 3.8) is 0 Å². The van der Waals surface area contributed by atoms with Crippen molar-refractivity contribution in [3.05, 3.63) is 87.7 Å². The Morgan fingerprint density at radius 3 is 2.63 bits per heavy atom. The van der Waals surface area contributed by atoms with E-state index in [0.717, 1.165) is 11.3 Å². The van der Waals surface area contributed by atoms with Crippen LogP contribution in [0.25, 0.3) is 5.69 Å². The first-order chi connectivity index (χ1) is 14.3. The van der Waals surface area contributed by atoms with Crippen molar-refractivity contribution in [2.24, 2.45) is 0 Å². The van der Waals surface area contributed by atoms with E-state index in [0.29, 0.717) is 12.1 Å². The maximum atomic E-state index is 12.4. The van der Waals surface area contributed by atoms with E-state index >= 15 is 0 Å². The Morgan fingerprint density at radius 1 is 1.20 bits per heavy atom. The van der Waals surface area contributed by atoms with E-state index in [1.165, 1.54) is 23.1 Å². The predicted molar refractivity (Wildman–Crippen MR) is 110 cm³/mol. The van der Waals surface area contributed by atoms with Crippen molar-refractivity contribution >= 4 is 17.5 Å². The van der Waals surface area contributed by atoms with E-state index in [9.17, 15) is 19.7 Å². The molecule has 2 aromatic carbocycles. The van der Waals surface area contributed by atoms with E-state index in [2.05, 4.69) is 10.4 Å². The Bertz CT molecular complexity index is 1080. The first-order valence-electron chi connectivity index (χ1n) is 9.21. The van der Waals surface area contributed by atoms with Gasteiger partial charge in [0.05, 0.1) is 23.4 Å². The zero-order valence-corrected chi connectivity index (χ0v) is 16.6. The topological polar surface area (TPSA) is 110 Å². The number of hydrogen-bond acceptors (Lipinski definition) is 5. The van der Waals surface area contributed by atoms with Gasteiger partial charge in [-0.15, -0.1) is 0 Å². The maximum Gasteiger partial charge on any atom is 0.273 e. The predicted octanol–water partition coefficient (Wildman–Crippen LogP) is 2.48. The standard InChI is InChI=1S/C21H21N5O4/c1-15-8-9-17(10-19(15)26(29)30)21(28)22-12-20(27)24(2)13-16-11-23-25(14-16)18-6-4-3-5-7-18/h3-11,14H,12-13H2,1-2H3,(H,22,28). The van der Waals surface area contributed by atoms with Crippen LogP contribution in [-0.4, -0.2) is 45.0 Å². The monoisotopic (exact) mass is 407 g/mol. The summed E-state index contributed by atoms with van der Waals surface area (Å²) in [6.07, 6.45) is 3.52. The molecule has 0 aliphatic carbocycles. The van der Waals surface area contributed by atoms with Gasteiger partial charge in [-0.25, -0.2) is 4.68 Å². The van der Waals surface area contributed by atoms with E-state index in [-0.39, 0.29) is 23.7 Å². The number of benzene rings is 2. The van der Waals surface area contributed by atoms with Crippen LogP contribution in [0.3, 0.4) is 0 Å². The fourth-order valence-corrected chi connectivity index (χ4v) is 2.87. The van der Waals surface area contributed by atoms with Crippen LogP contribution >= 0.6 is 0 Å². The van der Waals surface area contributed by atoms with Crippen LogP contribution in [0.1, 0.15) is 21.5 Å². The summed E-state index contributed by atoms with van der Waals surface area (Å²) < 4.78 is 1.72. The molecular weight excluding hydrogens is 386 g/mol. The number of aryl methyl sites for hydroxylation is 1. The summed E-state index contributed by atoms with van der Waals surface area (Å²) in [7, 11) is 1.63. The van der Waals surface area contributed by atoms with Crippen molar-refractivity contribution in [1.29, 1.82) is 0 Å². The number of carbonyl (C=O) groups excluding carboxylic acids is 2. The molecule has 0 unspecified atom stereocenters. The number of amides is 2. The summed E-state index contributed by atoms with van der Waals surface area (Å²) >= 11 is 0. The van der Waals surface area contributed by atoms with Crippen LogP contribution in [0.15, 0.2) is 60.9 Å². The van der Waals surface area contributed by atoms with Gasteiger partial charge in [-0.1, -0.05) is 24.3 Å². The number of nitro benzene ring substituents is 1. The lowest BCUT2D eigenvalue weighted by atomic mass is 10.1. The number of nitro groups is 1. The quantitative estimate of drug-likeness (QED) is 0.478. The van der Waals surface area contributed by atoms with Crippen molar-refractivity contribution in [1.82, 2.24) is 20.0 Å². The fourth-order valence-electron chi connectivity index (χ4n) is 2.87. The molecule has 3 aromatic rings. The highest BCUT2D eigenvalue weighted by Gasteiger charge is 2.17. The third-order valence-corrected chi connectivity index (χ3v) is 4.57. The molecule has 0 aliphatic heterocycles. The summed E-state index contributed by atoms with van der Waals surface area (Å²) in [5.41, 5.74) is 2.21. The number of rotatable bonds is 7. The van der Waals surface area contributed by atoms with Crippen LogP contribution in [-0.2, 0) is 11.3 Å². The lowest BCUT2D eigenvalue weighted by Crippen LogP contribution is -2.37. The lowest BCUT2D eigenvalue weighted by Gasteiger charge is -2.16. The molecule has 0 saturated heterocycles. The van der Waals surface area contributed by atoms with E-state index in [1.54, 1.807) is 24.9 Å². The Kier molecular flexibility index (Phi) is 6.21. The van der Waals surface area contributed by atoms with E-state index < -0.39 is 10.8 Å². The number of nitrogens with zero attached hydrogens (tertiary/aromatic N) is 4. The Balaban J connectivity index is 1.56. The van der Waals surface area contributed by atoms with Gasteiger partial charge in [0.25, 0.3) is 11.6 Å². The lowest BCUT2D eigenvalue weighted by molar-refractivity contribution is -0.385. The summed E-state index contributed by atoms with van der Waals surface area (Å²) in [6, 6.07) is 13.8. The highest BCUT2D eigenvalue weighted by atomic mass is 16.6. The third-order valence-electron chi connectivity index (χ3n) is 4.57. The van der Waals surface area contributed by atoms with Gasteiger partial charge in [-0.3, -0.25) is 19.7 Å². The molecule has 1 heterocycles. The second-order valence-corrected chi connectivity index (χ2v) is 6.82. The maximum absolute atomic E-state index is 12.4. The normalized spacial score (nSPS) is 10.5. The minimum absolute atomic E-state index is 0.131. The minimum Gasteiger partial charge on any atom is -0.343 e. The molecule has 0 radical (unpaired) electrons. The van der Waals surface area contributed by atoms with Gasteiger partial charge in [0.1, 0.15) is 0 Å². The van der Waals surface area contributed by atoms with Crippen LogP contribution in [0.2, 0.25) is 0 Å². The van der Waals surface area contributed by atoms with E-state index in [4.69, 9.17) is 0 Å². The van der Waals surface area contributed by atoms with Gasteiger partial charge in [0.15, 0.2) is 0 Å². The summed E-state index contributed by atoms with van der Waals surface area (Å²) in [4.78, 5) is 36.6. The average molecular weight is 407 g/mol. The zero-order chi connectivity index (χ0) is 21.7. The molecule has 9 heteroatoms. The van der Waals surface area contributed by atoms with Gasteiger partial charge < -0.3 is 10.2 Å². The Morgan fingerprint density at radius 2 is 1.93 bits per heavy atom. The highest BCUT2D eigenvalue weighted by Crippen LogP contribution is 2.19. The Labute approximate surface area is 173 Å². The molecule has 30 heavy (non-hydrogen) atoms. The van der Waals surface area contributed by atoms with Crippen molar-refractivity contribution in [2.45, 2.75) is 13.5 Å². The molecule has 9 nitrogen and oxygen atoms in total. The number of hydrogen-bond donors (Lipinski definition) is 1. The summed E-state index contributed by atoms with van der Waals surface area (Å²) in [6.45, 7) is 1.71. The molecule has 1 aromatic heterocycles.